The molecule has 0 saturated carbocycles. The van der Waals surface area contributed by atoms with E-state index in [-0.39, 0.29) is 12.2 Å². The number of nitrogen functional groups attached to an aromatic ring is 1. The average molecular weight is 547 g/mol. The summed E-state index contributed by atoms with van der Waals surface area (Å²) >= 11 is 0. The van der Waals surface area contributed by atoms with Crippen LogP contribution in [0.1, 0.15) is 67.7 Å². The van der Waals surface area contributed by atoms with Gasteiger partial charge in [-0.3, -0.25) is 14.0 Å². The molecule has 0 amide bonds. The van der Waals surface area contributed by atoms with E-state index in [0.717, 1.165) is 30.6 Å². The van der Waals surface area contributed by atoms with Crippen molar-refractivity contribution in [2.24, 2.45) is 5.92 Å². The van der Waals surface area contributed by atoms with Crippen molar-refractivity contribution in [1.29, 1.82) is 0 Å². The third kappa shape index (κ3) is 6.50. The Hall–Kier alpha value is -4.21. The summed E-state index contributed by atoms with van der Waals surface area (Å²) in [5, 5.41) is 12.0. The number of Topliss-reactive ketones (excluding diaryl/α,β-unsaturated/α-hetero) is 2. The minimum Gasteiger partial charge on any atom is -0.493 e. The van der Waals surface area contributed by atoms with Crippen LogP contribution < -0.4 is 20.5 Å². The van der Waals surface area contributed by atoms with E-state index in [1.165, 1.54) is 0 Å². The SMILES string of the molecule is COc1cc(N)c(CC(=O)c2ccc3c(c2)nc(NCCCCCC(=O)CC(C)C)c2nnc(C)n23)cc1OC. The Kier molecular flexibility index (Phi) is 9.19. The van der Waals surface area contributed by atoms with Gasteiger partial charge in [0, 0.05) is 43.1 Å². The molecule has 212 valence electrons. The van der Waals surface area contributed by atoms with Crippen molar-refractivity contribution in [3.05, 3.63) is 47.3 Å². The molecule has 4 rings (SSSR count). The first-order chi connectivity index (χ1) is 19.2. The Labute approximate surface area is 234 Å². The van der Waals surface area contributed by atoms with E-state index < -0.39 is 0 Å². The van der Waals surface area contributed by atoms with E-state index in [1.54, 1.807) is 38.5 Å². The van der Waals surface area contributed by atoms with E-state index >= 15 is 0 Å². The number of aromatic nitrogens is 4. The molecule has 0 aliphatic rings. The van der Waals surface area contributed by atoms with Gasteiger partial charge in [-0.15, -0.1) is 10.2 Å². The lowest BCUT2D eigenvalue weighted by Crippen LogP contribution is -2.09. The Balaban J connectivity index is 1.51. The number of rotatable bonds is 14. The van der Waals surface area contributed by atoms with E-state index in [4.69, 9.17) is 20.2 Å². The molecular weight excluding hydrogens is 508 g/mol. The Bertz CT molecular complexity index is 1530. The number of ether oxygens (including phenoxy) is 2. The van der Waals surface area contributed by atoms with Gasteiger partial charge in [0.25, 0.3) is 0 Å². The highest BCUT2D eigenvalue weighted by Crippen LogP contribution is 2.33. The number of carbonyl (C=O) groups is 2. The van der Waals surface area contributed by atoms with Gasteiger partial charge in [0.05, 0.1) is 25.3 Å². The predicted molar refractivity (Wildman–Crippen MR) is 156 cm³/mol. The molecule has 3 N–H and O–H groups in total. The van der Waals surface area contributed by atoms with Crippen LogP contribution >= 0.6 is 0 Å². The number of fused-ring (bicyclic) bond motifs is 3. The minimum absolute atomic E-state index is 0.0929. The molecule has 0 spiro atoms. The highest BCUT2D eigenvalue weighted by atomic mass is 16.5. The highest BCUT2D eigenvalue weighted by molar-refractivity contribution is 6.01. The molecule has 0 aliphatic carbocycles. The molecule has 0 atom stereocenters. The summed E-state index contributed by atoms with van der Waals surface area (Å²) in [5.41, 5.74) is 9.94. The van der Waals surface area contributed by atoms with Crippen molar-refractivity contribution >= 4 is 39.8 Å². The van der Waals surface area contributed by atoms with Gasteiger partial charge in [-0.2, -0.15) is 0 Å². The lowest BCUT2D eigenvalue weighted by atomic mass is 10.0. The number of ketones is 2. The Morgan fingerprint density at radius 1 is 1.02 bits per heavy atom. The molecular formula is C30H38N6O4. The summed E-state index contributed by atoms with van der Waals surface area (Å²) in [4.78, 5) is 30.0. The normalized spacial score (nSPS) is 11.3. The largest absolute Gasteiger partial charge is 0.493 e. The molecule has 2 heterocycles. The van der Waals surface area contributed by atoms with Crippen LogP contribution in [-0.2, 0) is 11.2 Å². The number of anilines is 2. The van der Waals surface area contributed by atoms with Gasteiger partial charge in [0.2, 0.25) is 5.65 Å². The van der Waals surface area contributed by atoms with Crippen molar-refractivity contribution < 1.29 is 19.1 Å². The van der Waals surface area contributed by atoms with Gasteiger partial charge in [-0.25, -0.2) is 4.98 Å². The Morgan fingerprint density at radius 2 is 1.77 bits per heavy atom. The zero-order chi connectivity index (χ0) is 28.8. The van der Waals surface area contributed by atoms with Crippen LogP contribution in [0.4, 0.5) is 11.5 Å². The Morgan fingerprint density at radius 3 is 2.50 bits per heavy atom. The highest BCUT2D eigenvalue weighted by Gasteiger charge is 2.17. The fraction of sp³-hybridized carbons (Fsp3) is 0.433. The summed E-state index contributed by atoms with van der Waals surface area (Å²) in [7, 11) is 3.09. The van der Waals surface area contributed by atoms with Gasteiger partial charge in [-0.05, 0) is 55.5 Å². The zero-order valence-electron chi connectivity index (χ0n) is 23.9. The lowest BCUT2D eigenvalue weighted by molar-refractivity contribution is -0.119. The first-order valence-electron chi connectivity index (χ1n) is 13.7. The van der Waals surface area contributed by atoms with Crippen LogP contribution in [0.15, 0.2) is 30.3 Å². The topological polar surface area (TPSA) is 134 Å². The number of aryl methyl sites for hydroxylation is 1. The number of benzene rings is 2. The number of carbonyl (C=O) groups excluding carboxylic acids is 2. The van der Waals surface area contributed by atoms with Gasteiger partial charge in [-0.1, -0.05) is 20.3 Å². The summed E-state index contributed by atoms with van der Waals surface area (Å²) in [6, 6.07) is 8.85. The molecule has 2 aromatic carbocycles. The maximum absolute atomic E-state index is 13.3. The first kappa shape index (κ1) is 28.8. The molecule has 0 saturated heterocycles. The third-order valence-corrected chi connectivity index (χ3v) is 6.86. The van der Waals surface area contributed by atoms with Crippen LogP contribution in [0.5, 0.6) is 11.5 Å². The monoisotopic (exact) mass is 546 g/mol. The van der Waals surface area contributed by atoms with Crippen LogP contribution in [0.3, 0.4) is 0 Å². The molecule has 0 fully saturated rings. The first-order valence-corrected chi connectivity index (χ1v) is 13.7. The van der Waals surface area contributed by atoms with E-state index in [0.29, 0.717) is 76.4 Å². The zero-order valence-corrected chi connectivity index (χ0v) is 23.9. The van der Waals surface area contributed by atoms with Crippen LogP contribution in [0.25, 0.3) is 16.7 Å². The average Bonchev–Trinajstić information content (AvgIpc) is 3.32. The molecule has 40 heavy (non-hydrogen) atoms. The molecule has 10 nitrogen and oxygen atoms in total. The van der Waals surface area contributed by atoms with Gasteiger partial charge < -0.3 is 20.5 Å². The number of nitrogens with two attached hydrogens (primary N) is 1. The summed E-state index contributed by atoms with van der Waals surface area (Å²) < 4.78 is 12.6. The second-order valence-corrected chi connectivity index (χ2v) is 10.5. The van der Waals surface area contributed by atoms with Crippen molar-refractivity contribution in [3.8, 4) is 11.5 Å². The van der Waals surface area contributed by atoms with Crippen LogP contribution in [0, 0.1) is 12.8 Å². The maximum Gasteiger partial charge on any atom is 0.204 e. The van der Waals surface area contributed by atoms with Gasteiger partial charge in [0.15, 0.2) is 23.1 Å². The van der Waals surface area contributed by atoms with E-state index in [2.05, 4.69) is 29.4 Å². The quantitative estimate of drug-likeness (QED) is 0.124. The summed E-state index contributed by atoms with van der Waals surface area (Å²) in [5.74, 6) is 3.01. The van der Waals surface area contributed by atoms with Crippen LogP contribution in [0.2, 0.25) is 0 Å². The van der Waals surface area contributed by atoms with E-state index in [1.807, 2.05) is 17.4 Å². The molecule has 0 aliphatic heterocycles. The van der Waals surface area contributed by atoms with Gasteiger partial charge in [0.1, 0.15) is 11.6 Å². The minimum atomic E-state index is -0.0929. The fourth-order valence-corrected chi connectivity index (χ4v) is 4.82. The number of hydrogen-bond donors (Lipinski definition) is 2. The second-order valence-electron chi connectivity index (χ2n) is 10.5. The number of nitrogens with zero attached hydrogens (tertiary/aromatic N) is 4. The smallest absolute Gasteiger partial charge is 0.204 e. The predicted octanol–water partition coefficient (Wildman–Crippen LogP) is 5.20. The summed E-state index contributed by atoms with van der Waals surface area (Å²) in [6.07, 6.45) is 4.12. The lowest BCUT2D eigenvalue weighted by Gasteiger charge is -2.13. The van der Waals surface area contributed by atoms with E-state index in [9.17, 15) is 9.59 Å². The standard InChI is InChI=1S/C30H38N6O4/c1-18(2)13-22(37)9-7-6-8-12-32-29-30-35-34-19(3)36(30)25-11-10-20(14-24(25)33-29)26(38)15-21-16-27(39-4)28(40-5)17-23(21)31/h10-11,14,16-18H,6-9,12-13,15,31H2,1-5H3,(H,32,33). The van der Waals surface area contributed by atoms with Crippen molar-refractivity contribution in [1.82, 2.24) is 19.6 Å². The number of methoxy groups -OCH3 is 2. The molecule has 2 aromatic heterocycles. The van der Waals surface area contributed by atoms with Crippen LogP contribution in [-0.4, -0.2) is 51.9 Å². The molecule has 0 unspecified atom stereocenters. The third-order valence-electron chi connectivity index (χ3n) is 6.86. The molecule has 4 aromatic rings. The van der Waals surface area contributed by atoms with Crippen molar-refractivity contribution in [3.63, 3.8) is 0 Å². The van der Waals surface area contributed by atoms with Gasteiger partial charge >= 0.3 is 0 Å². The molecule has 0 radical (unpaired) electrons. The summed E-state index contributed by atoms with van der Waals surface area (Å²) in [6.45, 7) is 6.71. The fourth-order valence-electron chi connectivity index (χ4n) is 4.82. The van der Waals surface area contributed by atoms with Crippen molar-refractivity contribution in [2.45, 2.75) is 59.3 Å². The number of unbranched alkanes of at least 4 members (excludes halogenated alkanes) is 2. The van der Waals surface area contributed by atoms with Crippen molar-refractivity contribution in [2.75, 3.05) is 31.8 Å². The molecule has 10 heteroatoms. The molecule has 0 bridgehead atoms. The second kappa shape index (κ2) is 12.8. The number of nitrogens with one attached hydrogen (secondary N) is 1. The number of hydrogen-bond acceptors (Lipinski definition) is 9. The maximum atomic E-state index is 13.3.